The number of amides is 1. The SMILES string of the molecule is O=C(CCN1C(=S)N[C@@H](c2ccccn2)[C@H]1c1ccc(Sc2ccc(Cl)cc2)o1)Nc1ccccc1. The molecule has 3 heterocycles. The second kappa shape index (κ2) is 11.2. The van der Waals surface area contributed by atoms with E-state index in [4.69, 9.17) is 28.2 Å². The van der Waals surface area contributed by atoms with Crippen LogP contribution in [0.2, 0.25) is 5.02 Å². The first-order valence-electron chi connectivity index (χ1n) is 11.4. The first kappa shape index (κ1) is 24.4. The normalized spacial score (nSPS) is 17.1. The minimum absolute atomic E-state index is 0.0811. The molecule has 36 heavy (non-hydrogen) atoms. The molecule has 0 aliphatic carbocycles. The first-order valence-corrected chi connectivity index (χ1v) is 13.0. The topological polar surface area (TPSA) is 70.4 Å². The summed E-state index contributed by atoms with van der Waals surface area (Å²) in [7, 11) is 0. The number of hydrogen-bond acceptors (Lipinski definition) is 5. The van der Waals surface area contributed by atoms with E-state index in [2.05, 4.69) is 15.6 Å². The van der Waals surface area contributed by atoms with Crippen molar-refractivity contribution in [3.8, 4) is 0 Å². The number of pyridine rings is 1. The van der Waals surface area contributed by atoms with Gasteiger partial charge in [-0.25, -0.2) is 0 Å². The van der Waals surface area contributed by atoms with Crippen LogP contribution in [0.1, 0.15) is 30.0 Å². The predicted octanol–water partition coefficient (Wildman–Crippen LogP) is 6.48. The summed E-state index contributed by atoms with van der Waals surface area (Å²) in [5, 5.41) is 8.33. The molecule has 1 saturated heterocycles. The van der Waals surface area contributed by atoms with Gasteiger partial charge in [-0.05, 0) is 72.9 Å². The largest absolute Gasteiger partial charge is 0.452 e. The van der Waals surface area contributed by atoms with E-state index in [-0.39, 0.29) is 24.4 Å². The molecule has 0 spiro atoms. The summed E-state index contributed by atoms with van der Waals surface area (Å²) < 4.78 is 6.29. The van der Waals surface area contributed by atoms with Gasteiger partial charge in [0, 0.05) is 34.8 Å². The second-order valence-corrected chi connectivity index (χ2v) is 10.1. The molecular formula is C27H23ClN4O2S2. The highest BCUT2D eigenvalue weighted by Gasteiger charge is 2.41. The van der Waals surface area contributed by atoms with Crippen LogP contribution in [0.15, 0.2) is 106 Å². The number of para-hydroxylation sites is 1. The summed E-state index contributed by atoms with van der Waals surface area (Å²) in [6.45, 7) is 0.429. The molecule has 2 N–H and O–H groups in total. The number of carbonyl (C=O) groups is 1. The van der Waals surface area contributed by atoms with E-state index in [1.807, 2.05) is 89.8 Å². The molecule has 1 aliphatic heterocycles. The Hall–Kier alpha value is -3.33. The molecule has 1 amide bonds. The Morgan fingerprint density at radius 1 is 1.06 bits per heavy atom. The molecule has 182 valence electrons. The van der Waals surface area contributed by atoms with Crippen LogP contribution in [-0.4, -0.2) is 27.4 Å². The molecule has 6 nitrogen and oxygen atoms in total. The van der Waals surface area contributed by atoms with Crippen molar-refractivity contribution in [3.05, 3.63) is 108 Å². The molecule has 4 aromatic rings. The number of nitrogens with one attached hydrogen (secondary N) is 2. The fourth-order valence-corrected chi connectivity index (χ4v) is 5.33. The molecule has 1 aliphatic rings. The predicted molar refractivity (Wildman–Crippen MR) is 146 cm³/mol. The van der Waals surface area contributed by atoms with Crippen molar-refractivity contribution in [3.63, 3.8) is 0 Å². The summed E-state index contributed by atoms with van der Waals surface area (Å²) >= 11 is 13.2. The molecule has 2 aromatic heterocycles. The quantitative estimate of drug-likeness (QED) is 0.251. The summed E-state index contributed by atoms with van der Waals surface area (Å²) in [5.41, 5.74) is 1.62. The van der Waals surface area contributed by atoms with Crippen molar-refractivity contribution < 1.29 is 9.21 Å². The van der Waals surface area contributed by atoms with E-state index in [0.29, 0.717) is 16.7 Å². The van der Waals surface area contributed by atoms with Gasteiger partial charge in [-0.2, -0.15) is 0 Å². The van der Waals surface area contributed by atoms with Gasteiger partial charge in [-0.3, -0.25) is 9.78 Å². The lowest BCUT2D eigenvalue weighted by molar-refractivity contribution is -0.116. The fourth-order valence-electron chi connectivity index (χ4n) is 4.09. The number of rotatable bonds is 8. The number of anilines is 1. The van der Waals surface area contributed by atoms with Crippen molar-refractivity contribution in [1.82, 2.24) is 15.2 Å². The number of carbonyl (C=O) groups excluding carboxylic acids is 1. The highest BCUT2D eigenvalue weighted by Crippen LogP contribution is 2.41. The number of thiocarbonyl (C=S) groups is 1. The molecule has 9 heteroatoms. The third kappa shape index (κ3) is 5.73. The van der Waals surface area contributed by atoms with Crippen LogP contribution in [0.4, 0.5) is 5.69 Å². The third-order valence-electron chi connectivity index (χ3n) is 5.76. The van der Waals surface area contributed by atoms with Gasteiger partial charge in [-0.15, -0.1) is 0 Å². The Morgan fingerprint density at radius 3 is 2.58 bits per heavy atom. The molecule has 2 aromatic carbocycles. The van der Waals surface area contributed by atoms with Crippen molar-refractivity contribution in [2.24, 2.45) is 0 Å². The summed E-state index contributed by atoms with van der Waals surface area (Å²) in [5.74, 6) is 0.667. The third-order valence-corrected chi connectivity index (χ3v) is 7.29. The van der Waals surface area contributed by atoms with Gasteiger partial charge in [0.15, 0.2) is 10.2 Å². The van der Waals surface area contributed by atoms with Crippen LogP contribution in [0.25, 0.3) is 0 Å². The van der Waals surface area contributed by atoms with Crippen LogP contribution < -0.4 is 10.6 Å². The van der Waals surface area contributed by atoms with Crippen molar-refractivity contribution in [2.45, 2.75) is 28.5 Å². The maximum Gasteiger partial charge on any atom is 0.226 e. The Labute approximate surface area is 224 Å². The van der Waals surface area contributed by atoms with Gasteiger partial charge in [0.2, 0.25) is 5.91 Å². The van der Waals surface area contributed by atoms with Gasteiger partial charge in [0.25, 0.3) is 0 Å². The number of halogens is 1. The van der Waals surface area contributed by atoms with Crippen LogP contribution in [0, 0.1) is 0 Å². The van der Waals surface area contributed by atoms with Gasteiger partial charge in [0.1, 0.15) is 11.8 Å². The number of benzene rings is 2. The molecule has 0 bridgehead atoms. The number of aromatic nitrogens is 1. The van der Waals surface area contributed by atoms with Crippen LogP contribution >= 0.6 is 35.6 Å². The second-order valence-electron chi connectivity index (χ2n) is 8.20. The maximum absolute atomic E-state index is 12.7. The Kier molecular flexibility index (Phi) is 7.55. The Morgan fingerprint density at radius 2 is 1.83 bits per heavy atom. The number of nitrogens with zero attached hydrogens (tertiary/aromatic N) is 2. The lowest BCUT2D eigenvalue weighted by atomic mass is 10.0. The monoisotopic (exact) mass is 534 g/mol. The van der Waals surface area contributed by atoms with E-state index in [1.54, 1.807) is 6.20 Å². The number of hydrogen-bond donors (Lipinski definition) is 2. The van der Waals surface area contributed by atoms with E-state index < -0.39 is 0 Å². The summed E-state index contributed by atoms with van der Waals surface area (Å²) in [6.07, 6.45) is 2.03. The molecule has 2 atom stereocenters. The zero-order valence-electron chi connectivity index (χ0n) is 19.1. The van der Waals surface area contributed by atoms with E-state index in [1.165, 1.54) is 11.8 Å². The molecule has 0 unspecified atom stereocenters. The average Bonchev–Trinajstić information content (AvgIpc) is 3.49. The molecule has 1 fully saturated rings. The van der Waals surface area contributed by atoms with E-state index in [0.717, 1.165) is 27.1 Å². The van der Waals surface area contributed by atoms with Crippen LogP contribution in [-0.2, 0) is 4.79 Å². The average molecular weight is 535 g/mol. The zero-order chi connectivity index (χ0) is 24.9. The minimum atomic E-state index is -0.253. The summed E-state index contributed by atoms with van der Waals surface area (Å²) in [4.78, 5) is 20.2. The smallest absolute Gasteiger partial charge is 0.226 e. The molecular weight excluding hydrogens is 512 g/mol. The summed E-state index contributed by atoms with van der Waals surface area (Å²) in [6, 6.07) is 26.3. The van der Waals surface area contributed by atoms with Gasteiger partial charge in [0.05, 0.1) is 11.7 Å². The maximum atomic E-state index is 12.7. The van der Waals surface area contributed by atoms with E-state index >= 15 is 0 Å². The van der Waals surface area contributed by atoms with Crippen LogP contribution in [0.3, 0.4) is 0 Å². The standard InChI is InChI=1S/C27H23ClN4O2S2/c28-18-9-11-20(12-10-18)36-24-14-13-22(34-24)26-25(21-8-4-5-16-29-21)31-27(35)32(26)17-15-23(33)30-19-6-2-1-3-7-19/h1-14,16,25-26H,15,17H2,(H,30,33)(H,31,35)/t25-,26+/m0/s1. The first-order chi connectivity index (χ1) is 17.6. The Bertz CT molecular complexity index is 1330. The van der Waals surface area contributed by atoms with Gasteiger partial charge < -0.3 is 20.0 Å². The molecule has 5 rings (SSSR count). The van der Waals surface area contributed by atoms with Crippen LogP contribution in [0.5, 0.6) is 0 Å². The molecule has 0 saturated carbocycles. The lowest BCUT2D eigenvalue weighted by Gasteiger charge is -2.25. The van der Waals surface area contributed by atoms with Crippen molar-refractivity contribution in [2.75, 3.05) is 11.9 Å². The van der Waals surface area contributed by atoms with Crippen molar-refractivity contribution in [1.29, 1.82) is 0 Å². The van der Waals surface area contributed by atoms with Crippen molar-refractivity contribution >= 4 is 52.3 Å². The minimum Gasteiger partial charge on any atom is -0.452 e. The number of furan rings is 1. The van der Waals surface area contributed by atoms with E-state index in [9.17, 15) is 4.79 Å². The lowest BCUT2D eigenvalue weighted by Crippen LogP contribution is -2.32. The van der Waals surface area contributed by atoms with Gasteiger partial charge >= 0.3 is 0 Å². The fraction of sp³-hybridized carbons (Fsp3) is 0.148. The zero-order valence-corrected chi connectivity index (χ0v) is 21.5. The molecule has 0 radical (unpaired) electrons. The highest BCUT2D eigenvalue weighted by atomic mass is 35.5. The Balaban J connectivity index is 1.36. The highest BCUT2D eigenvalue weighted by molar-refractivity contribution is 7.99. The van der Waals surface area contributed by atoms with Gasteiger partial charge in [-0.1, -0.05) is 47.6 Å².